The number of furan rings is 1. The van der Waals surface area contributed by atoms with Gasteiger partial charge < -0.3 is 19.2 Å². The van der Waals surface area contributed by atoms with Gasteiger partial charge in [-0.05, 0) is 55.5 Å². The molecule has 4 aromatic rings. The Balaban J connectivity index is 1.43. The van der Waals surface area contributed by atoms with Crippen LogP contribution in [-0.4, -0.2) is 35.4 Å². The first-order chi connectivity index (χ1) is 17.1. The van der Waals surface area contributed by atoms with Crippen LogP contribution in [0.2, 0.25) is 0 Å². The molecular formula is C25H25N3O5S2. The SMILES string of the molecule is COc1ccc(NC(=O)CSc2nc3sc4c(c3c(=O)n2Cc2ccco2)CCCC4)c(OC)c1. The molecule has 0 radical (unpaired) electrons. The third-order valence-electron chi connectivity index (χ3n) is 5.95. The number of thioether (sulfide) groups is 1. The molecule has 0 aliphatic heterocycles. The van der Waals surface area contributed by atoms with Crippen LogP contribution in [0.3, 0.4) is 0 Å². The Kier molecular flexibility index (Phi) is 6.83. The fourth-order valence-corrected chi connectivity index (χ4v) is 6.35. The minimum atomic E-state index is -0.233. The maximum absolute atomic E-state index is 13.6. The van der Waals surface area contributed by atoms with Crippen molar-refractivity contribution in [1.82, 2.24) is 9.55 Å². The fraction of sp³-hybridized carbons (Fsp3) is 0.320. The highest BCUT2D eigenvalue weighted by Crippen LogP contribution is 2.35. The number of benzene rings is 1. The van der Waals surface area contributed by atoms with Crippen molar-refractivity contribution < 1.29 is 18.7 Å². The molecule has 10 heteroatoms. The number of carbonyl (C=O) groups excluding carboxylic acids is 1. The molecular weight excluding hydrogens is 486 g/mol. The zero-order chi connectivity index (χ0) is 24.4. The predicted octanol–water partition coefficient (Wildman–Crippen LogP) is 4.73. The summed E-state index contributed by atoms with van der Waals surface area (Å²) < 4.78 is 17.7. The van der Waals surface area contributed by atoms with Crippen molar-refractivity contribution in [2.24, 2.45) is 0 Å². The number of methoxy groups -OCH3 is 2. The number of nitrogens with zero attached hydrogens (tertiary/aromatic N) is 2. The average Bonchev–Trinajstić information content (AvgIpc) is 3.52. The first-order valence-corrected chi connectivity index (χ1v) is 13.1. The van der Waals surface area contributed by atoms with E-state index in [4.69, 9.17) is 18.9 Å². The quantitative estimate of drug-likeness (QED) is 0.270. The molecule has 0 saturated carbocycles. The number of thiophene rings is 1. The van der Waals surface area contributed by atoms with Gasteiger partial charge in [-0.25, -0.2) is 4.98 Å². The zero-order valence-corrected chi connectivity index (χ0v) is 21.1. The van der Waals surface area contributed by atoms with Gasteiger partial charge in [0.1, 0.15) is 22.1 Å². The predicted molar refractivity (Wildman–Crippen MR) is 137 cm³/mol. The summed E-state index contributed by atoms with van der Waals surface area (Å²) in [6, 6.07) is 8.81. The number of hydrogen-bond acceptors (Lipinski definition) is 8. The summed E-state index contributed by atoms with van der Waals surface area (Å²) in [5.41, 5.74) is 1.61. The van der Waals surface area contributed by atoms with Gasteiger partial charge in [-0.15, -0.1) is 11.3 Å². The van der Waals surface area contributed by atoms with E-state index in [2.05, 4.69) is 5.32 Å². The fourth-order valence-electron chi connectivity index (χ4n) is 4.25. The molecule has 0 fully saturated rings. The molecule has 35 heavy (non-hydrogen) atoms. The Morgan fingerprint density at radius 3 is 2.86 bits per heavy atom. The Labute approximate surface area is 210 Å². The van der Waals surface area contributed by atoms with Gasteiger partial charge in [0.2, 0.25) is 5.91 Å². The van der Waals surface area contributed by atoms with E-state index < -0.39 is 0 Å². The van der Waals surface area contributed by atoms with E-state index in [0.717, 1.165) is 36.1 Å². The Bertz CT molecular complexity index is 1430. The number of carbonyl (C=O) groups is 1. The number of rotatable bonds is 8. The van der Waals surface area contributed by atoms with Crippen molar-refractivity contribution in [2.75, 3.05) is 25.3 Å². The van der Waals surface area contributed by atoms with Crippen LogP contribution >= 0.6 is 23.1 Å². The lowest BCUT2D eigenvalue weighted by Gasteiger charge is -2.13. The van der Waals surface area contributed by atoms with Crippen molar-refractivity contribution >= 4 is 44.9 Å². The van der Waals surface area contributed by atoms with Crippen molar-refractivity contribution in [3.05, 3.63) is 63.1 Å². The van der Waals surface area contributed by atoms with Crippen LogP contribution in [0.4, 0.5) is 5.69 Å². The van der Waals surface area contributed by atoms with Crippen molar-refractivity contribution in [1.29, 1.82) is 0 Å². The average molecular weight is 512 g/mol. The summed E-state index contributed by atoms with van der Waals surface area (Å²) in [5, 5.41) is 4.08. The van der Waals surface area contributed by atoms with Gasteiger partial charge in [-0.3, -0.25) is 14.2 Å². The molecule has 1 aliphatic carbocycles. The first-order valence-electron chi connectivity index (χ1n) is 11.3. The van der Waals surface area contributed by atoms with Crippen molar-refractivity contribution in [2.45, 2.75) is 37.4 Å². The van der Waals surface area contributed by atoms with Gasteiger partial charge in [0.15, 0.2) is 5.16 Å². The maximum atomic E-state index is 13.6. The molecule has 0 bridgehead atoms. The number of amides is 1. The number of aromatic nitrogens is 2. The molecule has 0 spiro atoms. The normalized spacial score (nSPS) is 13.0. The smallest absolute Gasteiger partial charge is 0.263 e. The standard InChI is InChI=1S/C25H25N3O5S2/c1-31-15-9-10-18(19(12-15)32-2)26-21(29)14-34-25-27-23-22(17-7-3-4-8-20(17)35-23)24(30)28(25)13-16-6-5-11-33-16/h5-6,9-12H,3-4,7-8,13-14H2,1-2H3,(H,26,29). The summed E-state index contributed by atoms with van der Waals surface area (Å²) in [5.74, 6) is 1.64. The Morgan fingerprint density at radius 1 is 1.23 bits per heavy atom. The highest BCUT2D eigenvalue weighted by atomic mass is 32.2. The van der Waals surface area contributed by atoms with Crippen LogP contribution in [0.15, 0.2) is 51.0 Å². The van der Waals surface area contributed by atoms with Crippen LogP contribution in [0, 0.1) is 0 Å². The number of hydrogen-bond donors (Lipinski definition) is 1. The zero-order valence-electron chi connectivity index (χ0n) is 19.5. The van der Waals surface area contributed by atoms with Gasteiger partial charge in [-0.2, -0.15) is 0 Å². The minimum Gasteiger partial charge on any atom is -0.497 e. The molecule has 1 aromatic carbocycles. The summed E-state index contributed by atoms with van der Waals surface area (Å²) in [7, 11) is 3.10. The first kappa shape index (κ1) is 23.5. The lowest BCUT2D eigenvalue weighted by molar-refractivity contribution is -0.113. The van der Waals surface area contributed by atoms with Gasteiger partial charge in [-0.1, -0.05) is 11.8 Å². The molecule has 1 N–H and O–H groups in total. The number of ether oxygens (including phenoxy) is 2. The topological polar surface area (TPSA) is 95.6 Å². The summed E-state index contributed by atoms with van der Waals surface area (Å²) in [6.45, 7) is 0.260. The van der Waals surface area contributed by atoms with E-state index in [1.807, 2.05) is 6.07 Å². The summed E-state index contributed by atoms with van der Waals surface area (Å²) in [4.78, 5) is 33.3. The second kappa shape index (κ2) is 10.2. The van der Waals surface area contributed by atoms with E-state index >= 15 is 0 Å². The molecule has 5 rings (SSSR count). The van der Waals surface area contributed by atoms with E-state index in [-0.39, 0.29) is 23.8 Å². The molecule has 3 aromatic heterocycles. The van der Waals surface area contributed by atoms with Crippen LogP contribution in [-0.2, 0) is 24.2 Å². The molecule has 0 saturated heterocycles. The van der Waals surface area contributed by atoms with E-state index in [9.17, 15) is 9.59 Å². The monoisotopic (exact) mass is 511 g/mol. The van der Waals surface area contributed by atoms with Crippen LogP contribution in [0.1, 0.15) is 29.0 Å². The highest BCUT2D eigenvalue weighted by molar-refractivity contribution is 7.99. The Hall–Kier alpha value is -3.24. The highest BCUT2D eigenvalue weighted by Gasteiger charge is 2.23. The van der Waals surface area contributed by atoms with Crippen LogP contribution in [0.5, 0.6) is 11.5 Å². The van der Waals surface area contributed by atoms with Crippen molar-refractivity contribution in [3.8, 4) is 11.5 Å². The summed E-state index contributed by atoms with van der Waals surface area (Å²) >= 11 is 2.83. The Morgan fingerprint density at radius 2 is 2.09 bits per heavy atom. The summed E-state index contributed by atoms with van der Waals surface area (Å²) in [6.07, 6.45) is 5.70. The lowest BCUT2D eigenvalue weighted by Crippen LogP contribution is -2.25. The molecule has 3 heterocycles. The second-order valence-electron chi connectivity index (χ2n) is 8.16. The lowest BCUT2D eigenvalue weighted by atomic mass is 9.97. The molecule has 8 nitrogen and oxygen atoms in total. The molecule has 0 atom stereocenters. The maximum Gasteiger partial charge on any atom is 0.263 e. The van der Waals surface area contributed by atoms with E-state index in [1.165, 1.54) is 23.7 Å². The van der Waals surface area contributed by atoms with Crippen LogP contribution < -0.4 is 20.3 Å². The number of anilines is 1. The number of aryl methyl sites for hydroxylation is 2. The minimum absolute atomic E-state index is 0.0782. The third kappa shape index (κ3) is 4.81. The largest absolute Gasteiger partial charge is 0.497 e. The van der Waals surface area contributed by atoms with Gasteiger partial charge in [0.25, 0.3) is 5.56 Å². The second-order valence-corrected chi connectivity index (χ2v) is 10.2. The third-order valence-corrected chi connectivity index (χ3v) is 8.11. The number of nitrogens with one attached hydrogen (secondary N) is 1. The van der Waals surface area contributed by atoms with Crippen LogP contribution in [0.25, 0.3) is 10.2 Å². The van der Waals surface area contributed by atoms with E-state index in [0.29, 0.717) is 33.5 Å². The van der Waals surface area contributed by atoms with Gasteiger partial charge in [0.05, 0.1) is 43.9 Å². The molecule has 182 valence electrons. The molecule has 0 unspecified atom stereocenters. The van der Waals surface area contributed by atoms with Crippen molar-refractivity contribution in [3.63, 3.8) is 0 Å². The molecule has 1 aliphatic rings. The number of fused-ring (bicyclic) bond motifs is 3. The van der Waals surface area contributed by atoms with Gasteiger partial charge >= 0.3 is 0 Å². The van der Waals surface area contributed by atoms with Gasteiger partial charge in [0, 0.05) is 10.9 Å². The molecule has 1 amide bonds. The van der Waals surface area contributed by atoms with E-state index in [1.54, 1.807) is 53.5 Å².